The van der Waals surface area contributed by atoms with Crippen LogP contribution in [0.15, 0.2) is 22.3 Å². The smallest absolute Gasteiger partial charge is 0.297 e. The van der Waals surface area contributed by atoms with Crippen molar-refractivity contribution < 1.29 is 4.42 Å². The molecule has 0 amide bonds. The largest absolute Gasteiger partial charge is 0.432 e. The van der Waals surface area contributed by atoms with Crippen LogP contribution in [-0.2, 0) is 6.54 Å². The summed E-state index contributed by atoms with van der Waals surface area (Å²) in [7, 11) is 0. The highest BCUT2D eigenvalue weighted by molar-refractivity contribution is 7.13. The van der Waals surface area contributed by atoms with Gasteiger partial charge in [0.2, 0.25) is 0 Å². The fourth-order valence-corrected chi connectivity index (χ4v) is 2.93. The maximum Gasteiger partial charge on any atom is 0.297 e. The highest BCUT2D eigenvalue weighted by atomic mass is 32.1. The summed E-state index contributed by atoms with van der Waals surface area (Å²) < 4.78 is 5.57. The zero-order valence-electron chi connectivity index (χ0n) is 11.6. The van der Waals surface area contributed by atoms with E-state index < -0.39 is 0 Å². The minimum atomic E-state index is 0.733. The van der Waals surface area contributed by atoms with Crippen LogP contribution in [0, 0.1) is 0 Å². The van der Waals surface area contributed by atoms with Crippen LogP contribution in [0.3, 0.4) is 0 Å². The third-order valence-corrected chi connectivity index (χ3v) is 4.17. The number of thiazole rings is 1. The number of nitrogens with zero attached hydrogens (tertiary/aromatic N) is 4. The monoisotopic (exact) mass is 293 g/mol. The number of hydrogen-bond acceptors (Lipinski definition) is 7. The van der Waals surface area contributed by atoms with E-state index in [-0.39, 0.29) is 0 Å². The molecule has 1 fully saturated rings. The van der Waals surface area contributed by atoms with Crippen molar-refractivity contribution >= 4 is 22.5 Å². The minimum Gasteiger partial charge on any atom is -0.432 e. The molecule has 1 N–H and O–H groups in total. The van der Waals surface area contributed by atoms with Gasteiger partial charge in [-0.15, -0.1) is 11.3 Å². The van der Waals surface area contributed by atoms with Gasteiger partial charge in [-0.1, -0.05) is 6.92 Å². The minimum absolute atomic E-state index is 0.733. The van der Waals surface area contributed by atoms with Crippen LogP contribution in [0.2, 0.25) is 0 Å². The van der Waals surface area contributed by atoms with Gasteiger partial charge in [-0.05, 0) is 6.54 Å². The topological polar surface area (TPSA) is 57.4 Å². The van der Waals surface area contributed by atoms with Crippen molar-refractivity contribution in [3.8, 4) is 0 Å². The van der Waals surface area contributed by atoms with Gasteiger partial charge in [0.25, 0.3) is 6.01 Å². The molecule has 3 heterocycles. The molecule has 6 nitrogen and oxygen atoms in total. The molecule has 108 valence electrons. The Hall–Kier alpha value is -1.60. The molecule has 0 spiro atoms. The molecule has 1 aliphatic heterocycles. The van der Waals surface area contributed by atoms with E-state index >= 15 is 0 Å². The summed E-state index contributed by atoms with van der Waals surface area (Å²) in [6.45, 7) is 7.53. The van der Waals surface area contributed by atoms with Crippen LogP contribution >= 0.6 is 11.3 Å². The molecule has 0 aromatic carbocycles. The zero-order chi connectivity index (χ0) is 13.8. The SMILES string of the molecule is CCNCc1coc(N2CCN(c3nccs3)CC2)n1. The number of rotatable bonds is 5. The van der Waals surface area contributed by atoms with Gasteiger partial charge < -0.3 is 19.5 Å². The Morgan fingerprint density at radius 1 is 1.30 bits per heavy atom. The second-order valence-corrected chi connectivity index (χ2v) is 5.56. The quantitative estimate of drug-likeness (QED) is 0.903. The number of hydrogen-bond donors (Lipinski definition) is 1. The molecule has 7 heteroatoms. The van der Waals surface area contributed by atoms with E-state index in [2.05, 4.69) is 32.0 Å². The number of oxazole rings is 1. The average Bonchev–Trinajstić information content (AvgIpc) is 3.17. The third-order valence-electron chi connectivity index (χ3n) is 3.34. The first-order valence-corrected chi connectivity index (χ1v) is 7.79. The lowest BCUT2D eigenvalue weighted by molar-refractivity contribution is 0.515. The highest BCUT2D eigenvalue weighted by Gasteiger charge is 2.21. The Morgan fingerprint density at radius 3 is 2.80 bits per heavy atom. The molecule has 0 unspecified atom stereocenters. The van der Waals surface area contributed by atoms with Gasteiger partial charge in [-0.25, -0.2) is 4.98 Å². The second kappa shape index (κ2) is 6.23. The average molecular weight is 293 g/mol. The fourth-order valence-electron chi connectivity index (χ4n) is 2.24. The molecule has 0 aliphatic carbocycles. The summed E-state index contributed by atoms with van der Waals surface area (Å²) in [5, 5.41) is 6.37. The van der Waals surface area contributed by atoms with E-state index in [1.54, 1.807) is 17.6 Å². The Morgan fingerprint density at radius 2 is 2.10 bits per heavy atom. The summed E-state index contributed by atoms with van der Waals surface area (Å²) in [6.07, 6.45) is 3.60. The van der Waals surface area contributed by atoms with E-state index in [0.717, 1.165) is 56.1 Å². The standard InChI is InChI=1S/C13H19N5OS/c1-2-14-9-11-10-19-12(16-11)17-4-6-18(7-5-17)13-15-3-8-20-13/h3,8,10,14H,2,4-7,9H2,1H3. The highest BCUT2D eigenvalue weighted by Crippen LogP contribution is 2.21. The predicted molar refractivity (Wildman–Crippen MR) is 80.4 cm³/mol. The molecule has 1 aliphatic rings. The van der Waals surface area contributed by atoms with Gasteiger partial charge in [0.1, 0.15) is 6.26 Å². The number of anilines is 2. The van der Waals surface area contributed by atoms with Crippen molar-refractivity contribution in [2.45, 2.75) is 13.5 Å². The lowest BCUT2D eigenvalue weighted by atomic mass is 10.3. The van der Waals surface area contributed by atoms with Crippen molar-refractivity contribution in [3.63, 3.8) is 0 Å². The van der Waals surface area contributed by atoms with Gasteiger partial charge in [0, 0.05) is 44.3 Å². The Kier molecular flexibility index (Phi) is 4.17. The molecule has 2 aromatic rings. The fraction of sp³-hybridized carbons (Fsp3) is 0.538. The maximum absolute atomic E-state index is 5.57. The molecule has 0 radical (unpaired) electrons. The maximum atomic E-state index is 5.57. The molecule has 0 bridgehead atoms. The Labute approximate surface area is 122 Å². The van der Waals surface area contributed by atoms with E-state index in [1.165, 1.54) is 0 Å². The van der Waals surface area contributed by atoms with Gasteiger partial charge in [-0.3, -0.25) is 0 Å². The van der Waals surface area contributed by atoms with Crippen LogP contribution in [0.5, 0.6) is 0 Å². The number of aromatic nitrogens is 2. The van der Waals surface area contributed by atoms with E-state index in [4.69, 9.17) is 4.42 Å². The Balaban J connectivity index is 1.56. The predicted octanol–water partition coefficient (Wildman–Crippen LogP) is 1.57. The van der Waals surface area contributed by atoms with Crippen LogP contribution in [0.4, 0.5) is 11.1 Å². The van der Waals surface area contributed by atoms with Crippen molar-refractivity contribution in [1.82, 2.24) is 15.3 Å². The molecular formula is C13H19N5OS. The number of nitrogens with one attached hydrogen (secondary N) is 1. The van der Waals surface area contributed by atoms with Gasteiger partial charge >= 0.3 is 0 Å². The van der Waals surface area contributed by atoms with Crippen molar-refractivity contribution in [3.05, 3.63) is 23.5 Å². The summed E-state index contributed by atoms with van der Waals surface area (Å²) in [5.74, 6) is 0. The van der Waals surface area contributed by atoms with Gasteiger partial charge in [0.05, 0.1) is 5.69 Å². The molecule has 2 aromatic heterocycles. The first-order chi connectivity index (χ1) is 9.86. The van der Waals surface area contributed by atoms with Gasteiger partial charge in [0.15, 0.2) is 5.13 Å². The first kappa shape index (κ1) is 13.4. The van der Waals surface area contributed by atoms with Crippen molar-refractivity contribution in [2.24, 2.45) is 0 Å². The van der Waals surface area contributed by atoms with E-state index in [1.807, 2.05) is 11.6 Å². The summed E-state index contributed by atoms with van der Waals surface area (Å²) in [4.78, 5) is 13.4. The van der Waals surface area contributed by atoms with E-state index in [0.29, 0.717) is 0 Å². The van der Waals surface area contributed by atoms with Crippen LogP contribution in [-0.4, -0.2) is 42.7 Å². The van der Waals surface area contributed by atoms with E-state index in [9.17, 15) is 0 Å². The second-order valence-electron chi connectivity index (χ2n) is 4.69. The lowest BCUT2D eigenvalue weighted by Gasteiger charge is -2.33. The summed E-state index contributed by atoms with van der Waals surface area (Å²) in [5.41, 5.74) is 0.962. The normalized spacial score (nSPS) is 15.8. The lowest BCUT2D eigenvalue weighted by Crippen LogP contribution is -2.46. The molecule has 1 saturated heterocycles. The Bertz CT molecular complexity index is 519. The summed E-state index contributed by atoms with van der Waals surface area (Å²) >= 11 is 1.69. The number of piperazine rings is 1. The van der Waals surface area contributed by atoms with Crippen LogP contribution in [0.1, 0.15) is 12.6 Å². The third kappa shape index (κ3) is 2.94. The molecular weight excluding hydrogens is 274 g/mol. The molecule has 0 saturated carbocycles. The van der Waals surface area contributed by atoms with Crippen LogP contribution in [0.25, 0.3) is 0 Å². The molecule has 0 atom stereocenters. The van der Waals surface area contributed by atoms with Crippen molar-refractivity contribution in [1.29, 1.82) is 0 Å². The molecule has 3 rings (SSSR count). The molecule has 20 heavy (non-hydrogen) atoms. The first-order valence-electron chi connectivity index (χ1n) is 6.91. The summed E-state index contributed by atoms with van der Waals surface area (Å²) in [6, 6.07) is 0.733. The van der Waals surface area contributed by atoms with Crippen molar-refractivity contribution in [2.75, 3.05) is 42.5 Å². The van der Waals surface area contributed by atoms with Gasteiger partial charge in [-0.2, -0.15) is 4.98 Å². The zero-order valence-corrected chi connectivity index (χ0v) is 12.4. The van der Waals surface area contributed by atoms with Crippen LogP contribution < -0.4 is 15.1 Å².